The summed E-state index contributed by atoms with van der Waals surface area (Å²) in [5, 5.41) is 1.04. The number of benzene rings is 2. The molecule has 4 nitrogen and oxygen atoms in total. The van der Waals surface area contributed by atoms with Crippen molar-refractivity contribution in [2.24, 2.45) is 7.05 Å². The van der Waals surface area contributed by atoms with E-state index >= 15 is 0 Å². The molecule has 1 heterocycles. The summed E-state index contributed by atoms with van der Waals surface area (Å²) in [6.45, 7) is 10.8. The topological polar surface area (TPSA) is 34.5 Å². The number of aromatic nitrogens is 1. The second-order valence-corrected chi connectivity index (χ2v) is 9.61. The van der Waals surface area contributed by atoms with E-state index in [-0.39, 0.29) is 5.78 Å². The number of carbonyl (C=O) groups is 1. The van der Waals surface area contributed by atoms with E-state index in [1.54, 1.807) is 0 Å². The van der Waals surface area contributed by atoms with E-state index in [0.717, 1.165) is 65.7 Å². The molecule has 35 heavy (non-hydrogen) atoms. The molecule has 0 aliphatic carbocycles. The molecule has 3 aromatic rings. The van der Waals surface area contributed by atoms with Crippen LogP contribution >= 0.6 is 0 Å². The lowest BCUT2D eigenvalue weighted by atomic mass is 9.98. The van der Waals surface area contributed by atoms with E-state index in [1.165, 1.54) is 38.8 Å². The molecule has 0 amide bonds. The van der Waals surface area contributed by atoms with E-state index in [9.17, 15) is 4.79 Å². The molecule has 0 N–H and O–H groups in total. The Balaban J connectivity index is 1.64. The standard InChI is InChI=1S/C31H44N2O2/c1-5-8-15-29-30(27-14-11-12-16-28(27)32(29)4)31(34)25-17-19-26(20-18-25)35-24-13-23-33(21-9-6-2)22-10-7-3/h11-12,14,16-20H,5-10,13,15,21-24H2,1-4H3. The van der Waals surface area contributed by atoms with Crippen molar-refractivity contribution in [2.45, 2.75) is 72.1 Å². The Labute approximate surface area is 212 Å². The highest BCUT2D eigenvalue weighted by atomic mass is 16.5. The van der Waals surface area contributed by atoms with Gasteiger partial charge in [-0.1, -0.05) is 58.2 Å². The zero-order valence-corrected chi connectivity index (χ0v) is 22.3. The van der Waals surface area contributed by atoms with Gasteiger partial charge in [-0.05, 0) is 75.5 Å². The maximum Gasteiger partial charge on any atom is 0.195 e. The fraction of sp³-hybridized carbons (Fsp3) is 0.516. The number of hydrogen-bond donors (Lipinski definition) is 0. The SMILES string of the molecule is CCCCc1c(C(=O)c2ccc(OCCCN(CCCC)CCCC)cc2)c2ccccc2n1C. The van der Waals surface area contributed by atoms with Crippen LogP contribution in [-0.4, -0.2) is 41.5 Å². The van der Waals surface area contributed by atoms with Gasteiger partial charge in [-0.15, -0.1) is 0 Å². The number of aryl methyl sites for hydroxylation is 1. The molecule has 0 radical (unpaired) electrons. The van der Waals surface area contributed by atoms with Gasteiger partial charge >= 0.3 is 0 Å². The molecule has 190 valence electrons. The average Bonchev–Trinajstić information content (AvgIpc) is 3.17. The molecular weight excluding hydrogens is 432 g/mol. The quantitative estimate of drug-likeness (QED) is 0.159. The van der Waals surface area contributed by atoms with Gasteiger partial charge in [0.05, 0.1) is 12.2 Å². The minimum atomic E-state index is 0.0990. The minimum Gasteiger partial charge on any atom is -0.494 e. The first-order valence-corrected chi connectivity index (χ1v) is 13.7. The molecule has 0 aliphatic rings. The predicted molar refractivity (Wildman–Crippen MR) is 148 cm³/mol. The third kappa shape index (κ3) is 7.20. The van der Waals surface area contributed by atoms with Crippen LogP contribution in [0.1, 0.15) is 87.3 Å². The number of ether oxygens (including phenoxy) is 1. The number of ketones is 1. The van der Waals surface area contributed by atoms with Gasteiger partial charge in [0.1, 0.15) is 5.75 Å². The van der Waals surface area contributed by atoms with Crippen molar-refractivity contribution < 1.29 is 9.53 Å². The molecule has 0 bridgehead atoms. The number of hydrogen-bond acceptors (Lipinski definition) is 3. The molecule has 0 aliphatic heterocycles. The van der Waals surface area contributed by atoms with Crippen molar-refractivity contribution in [1.82, 2.24) is 9.47 Å². The summed E-state index contributed by atoms with van der Waals surface area (Å²) in [4.78, 5) is 16.2. The molecule has 1 aromatic heterocycles. The van der Waals surface area contributed by atoms with Crippen molar-refractivity contribution in [1.29, 1.82) is 0 Å². The van der Waals surface area contributed by atoms with Gasteiger partial charge in [0.2, 0.25) is 0 Å². The number of para-hydroxylation sites is 1. The molecule has 0 atom stereocenters. The highest BCUT2D eigenvalue weighted by molar-refractivity contribution is 6.17. The van der Waals surface area contributed by atoms with Gasteiger partial charge in [-0.2, -0.15) is 0 Å². The van der Waals surface area contributed by atoms with Gasteiger partial charge in [0, 0.05) is 35.8 Å². The fourth-order valence-corrected chi connectivity index (χ4v) is 4.76. The maximum atomic E-state index is 13.6. The van der Waals surface area contributed by atoms with E-state index in [0.29, 0.717) is 6.61 Å². The minimum absolute atomic E-state index is 0.0990. The number of nitrogens with zero attached hydrogens (tertiary/aromatic N) is 2. The molecule has 0 saturated heterocycles. The van der Waals surface area contributed by atoms with Crippen LogP contribution in [-0.2, 0) is 13.5 Å². The Morgan fingerprint density at radius 2 is 1.46 bits per heavy atom. The third-order valence-electron chi connectivity index (χ3n) is 6.88. The lowest BCUT2D eigenvalue weighted by Gasteiger charge is -2.21. The average molecular weight is 477 g/mol. The highest BCUT2D eigenvalue weighted by Crippen LogP contribution is 2.29. The number of rotatable bonds is 16. The van der Waals surface area contributed by atoms with E-state index < -0.39 is 0 Å². The zero-order valence-electron chi connectivity index (χ0n) is 22.3. The van der Waals surface area contributed by atoms with Crippen LogP contribution in [0.25, 0.3) is 10.9 Å². The lowest BCUT2D eigenvalue weighted by molar-refractivity contribution is 0.103. The normalized spacial score (nSPS) is 11.5. The Morgan fingerprint density at radius 3 is 2.11 bits per heavy atom. The van der Waals surface area contributed by atoms with Crippen molar-refractivity contribution in [3.63, 3.8) is 0 Å². The first kappa shape index (κ1) is 27.0. The van der Waals surface area contributed by atoms with Gasteiger partial charge in [0.15, 0.2) is 5.78 Å². The second-order valence-electron chi connectivity index (χ2n) is 9.61. The fourth-order valence-electron chi connectivity index (χ4n) is 4.76. The van der Waals surface area contributed by atoms with Crippen molar-refractivity contribution in [3.05, 3.63) is 65.4 Å². The Hall–Kier alpha value is -2.59. The van der Waals surface area contributed by atoms with E-state index in [1.807, 2.05) is 36.4 Å². The maximum absolute atomic E-state index is 13.6. The first-order valence-electron chi connectivity index (χ1n) is 13.7. The van der Waals surface area contributed by atoms with Crippen LogP contribution in [0.5, 0.6) is 5.75 Å². The van der Waals surface area contributed by atoms with Crippen LogP contribution in [0.4, 0.5) is 0 Å². The summed E-state index contributed by atoms with van der Waals surface area (Å²) in [6, 6.07) is 15.9. The van der Waals surface area contributed by atoms with E-state index in [2.05, 4.69) is 49.4 Å². The molecule has 0 spiro atoms. The number of fused-ring (bicyclic) bond motifs is 1. The summed E-state index contributed by atoms with van der Waals surface area (Å²) in [5.74, 6) is 0.932. The van der Waals surface area contributed by atoms with Crippen molar-refractivity contribution in [3.8, 4) is 5.75 Å². The second kappa shape index (κ2) is 14.1. The molecule has 0 saturated carbocycles. The Bertz CT molecular complexity index is 1040. The highest BCUT2D eigenvalue weighted by Gasteiger charge is 2.21. The summed E-state index contributed by atoms with van der Waals surface area (Å²) in [6.07, 6.45) is 9.12. The van der Waals surface area contributed by atoms with Gasteiger partial charge in [-0.25, -0.2) is 0 Å². The Kier molecular flexibility index (Phi) is 10.9. The van der Waals surface area contributed by atoms with Crippen LogP contribution in [0, 0.1) is 0 Å². The number of unbranched alkanes of at least 4 members (excludes halogenated alkanes) is 3. The van der Waals surface area contributed by atoms with Crippen LogP contribution in [0.3, 0.4) is 0 Å². The van der Waals surface area contributed by atoms with Crippen molar-refractivity contribution in [2.75, 3.05) is 26.2 Å². The number of carbonyl (C=O) groups excluding carboxylic acids is 1. The van der Waals surface area contributed by atoms with Crippen LogP contribution < -0.4 is 4.74 Å². The predicted octanol–water partition coefficient (Wildman–Crippen LogP) is 7.42. The van der Waals surface area contributed by atoms with Crippen LogP contribution in [0.2, 0.25) is 0 Å². The summed E-state index contributed by atoms with van der Waals surface area (Å²) >= 11 is 0. The lowest BCUT2D eigenvalue weighted by Crippen LogP contribution is -2.28. The molecule has 0 unspecified atom stereocenters. The van der Waals surface area contributed by atoms with Gasteiger partial charge in [-0.3, -0.25) is 4.79 Å². The molecule has 3 rings (SSSR count). The van der Waals surface area contributed by atoms with E-state index in [4.69, 9.17) is 4.74 Å². The molecule has 0 fully saturated rings. The first-order chi connectivity index (χ1) is 17.1. The van der Waals surface area contributed by atoms with Crippen LogP contribution in [0.15, 0.2) is 48.5 Å². The third-order valence-corrected chi connectivity index (χ3v) is 6.88. The van der Waals surface area contributed by atoms with Crippen molar-refractivity contribution >= 4 is 16.7 Å². The largest absolute Gasteiger partial charge is 0.494 e. The summed E-state index contributed by atoms with van der Waals surface area (Å²) < 4.78 is 8.21. The molecule has 2 aromatic carbocycles. The smallest absolute Gasteiger partial charge is 0.195 e. The summed E-state index contributed by atoms with van der Waals surface area (Å²) in [7, 11) is 2.08. The monoisotopic (exact) mass is 476 g/mol. The molecule has 4 heteroatoms. The summed E-state index contributed by atoms with van der Waals surface area (Å²) in [5.41, 5.74) is 3.82. The van der Waals surface area contributed by atoms with Gasteiger partial charge in [0.25, 0.3) is 0 Å². The van der Waals surface area contributed by atoms with Gasteiger partial charge < -0.3 is 14.2 Å². The zero-order chi connectivity index (χ0) is 25.0. The molecular formula is C31H44N2O2. The Morgan fingerprint density at radius 1 is 0.829 bits per heavy atom.